The number of unbranched alkanes of at least 4 members (excludes halogenated alkanes) is 2. The third-order valence-electron chi connectivity index (χ3n) is 7.39. The molecule has 1 fully saturated rings. The molecule has 0 radical (unpaired) electrons. The van der Waals surface area contributed by atoms with Crippen molar-refractivity contribution in [3.05, 3.63) is 47.5 Å². The molecule has 3 heterocycles. The number of hydrogen-bond acceptors (Lipinski definition) is 4. The van der Waals surface area contributed by atoms with Crippen molar-refractivity contribution in [2.24, 2.45) is 11.7 Å². The molecule has 0 bridgehead atoms. The average Bonchev–Trinajstić information content (AvgIpc) is 3.26. The van der Waals surface area contributed by atoms with E-state index < -0.39 is 0 Å². The molecular formula is C26H38N6O. The van der Waals surface area contributed by atoms with Gasteiger partial charge in [-0.3, -0.25) is 15.1 Å². The number of nitrogens with two attached hydrogens (primary N) is 1. The number of hydrogen-bond donors (Lipinski definition) is 3. The van der Waals surface area contributed by atoms with Crippen LogP contribution in [0.2, 0.25) is 0 Å². The number of aromatic amines is 1. The highest BCUT2D eigenvalue weighted by Gasteiger charge is 2.33. The van der Waals surface area contributed by atoms with Crippen LogP contribution in [0.25, 0.3) is 0 Å². The number of aromatic nitrogens is 2. The molecule has 1 aromatic heterocycles. The molecule has 2 aliphatic heterocycles. The zero-order chi connectivity index (χ0) is 23.4. The molecule has 7 nitrogen and oxygen atoms in total. The van der Waals surface area contributed by atoms with Gasteiger partial charge in [-0.05, 0) is 64.1 Å². The van der Waals surface area contributed by atoms with Gasteiger partial charge in [0.2, 0.25) is 5.91 Å². The number of para-hydroxylation sites is 1. The largest absolute Gasteiger partial charge is 0.381 e. The highest BCUT2D eigenvalue weighted by atomic mass is 16.2. The number of anilines is 1. The number of imidazole rings is 1. The second-order valence-corrected chi connectivity index (χ2v) is 9.82. The molecule has 2 aromatic rings. The van der Waals surface area contributed by atoms with Gasteiger partial charge in [-0.2, -0.15) is 0 Å². The lowest BCUT2D eigenvalue weighted by Gasteiger charge is -2.39. The minimum atomic E-state index is -0.129. The molecule has 2 aliphatic rings. The van der Waals surface area contributed by atoms with E-state index >= 15 is 0 Å². The minimum Gasteiger partial charge on any atom is -0.381 e. The van der Waals surface area contributed by atoms with E-state index in [1.54, 1.807) is 6.20 Å². The van der Waals surface area contributed by atoms with E-state index in [0.29, 0.717) is 24.3 Å². The van der Waals surface area contributed by atoms with Gasteiger partial charge in [0.25, 0.3) is 0 Å². The third kappa shape index (κ3) is 5.46. The lowest BCUT2D eigenvalue weighted by Crippen LogP contribution is -2.44. The quantitative estimate of drug-likeness (QED) is 0.306. The molecule has 7 heteroatoms. The van der Waals surface area contributed by atoms with E-state index in [9.17, 15) is 4.79 Å². The van der Waals surface area contributed by atoms with Crippen molar-refractivity contribution in [2.75, 3.05) is 18.0 Å². The van der Waals surface area contributed by atoms with Crippen LogP contribution in [0.15, 0.2) is 30.5 Å². The van der Waals surface area contributed by atoms with E-state index in [1.807, 2.05) is 11.0 Å². The maximum Gasteiger partial charge on any atom is 0.230 e. The third-order valence-corrected chi connectivity index (χ3v) is 7.39. The van der Waals surface area contributed by atoms with Crippen LogP contribution in [-0.2, 0) is 17.6 Å². The average molecular weight is 451 g/mol. The smallest absolute Gasteiger partial charge is 0.230 e. The molecule has 3 atom stereocenters. The van der Waals surface area contributed by atoms with E-state index in [1.165, 1.54) is 31.2 Å². The number of nitrogens with zero attached hydrogens (tertiary/aromatic N) is 3. The fraction of sp³-hybridized carbons (Fsp3) is 0.577. The van der Waals surface area contributed by atoms with Gasteiger partial charge in [0.1, 0.15) is 0 Å². The van der Waals surface area contributed by atoms with Crippen LogP contribution in [0.5, 0.6) is 0 Å². The van der Waals surface area contributed by atoms with Crippen LogP contribution in [0.4, 0.5) is 5.69 Å². The molecule has 1 aromatic carbocycles. The number of nitrogens with one attached hydrogen (secondary N) is 2. The maximum absolute atomic E-state index is 13.4. The Morgan fingerprint density at radius 1 is 1.15 bits per heavy atom. The SMILES string of the molecule is C[C@@H]1CCC[C@H](C)N1CCCCCN1C(=O)C(Cc2cnc(C(=N)N)[nH]2)Cc2ccccc21. The summed E-state index contributed by atoms with van der Waals surface area (Å²) in [5.74, 6) is 0.334. The summed E-state index contributed by atoms with van der Waals surface area (Å²) in [4.78, 5) is 25.3. The lowest BCUT2D eigenvalue weighted by atomic mass is 9.88. The number of H-pyrrole nitrogens is 1. The van der Waals surface area contributed by atoms with Crippen molar-refractivity contribution < 1.29 is 4.79 Å². The Kier molecular flexibility index (Phi) is 7.48. The number of rotatable bonds is 9. The molecule has 178 valence electrons. The molecule has 4 rings (SSSR count). The highest BCUT2D eigenvalue weighted by Crippen LogP contribution is 2.32. The lowest BCUT2D eigenvalue weighted by molar-refractivity contribution is -0.122. The zero-order valence-corrected chi connectivity index (χ0v) is 20.0. The zero-order valence-electron chi connectivity index (χ0n) is 20.0. The molecule has 33 heavy (non-hydrogen) atoms. The van der Waals surface area contributed by atoms with Crippen LogP contribution in [0.1, 0.15) is 69.5 Å². The Balaban J connectivity index is 1.35. The number of amides is 1. The summed E-state index contributed by atoms with van der Waals surface area (Å²) in [6, 6.07) is 9.66. The first kappa shape index (κ1) is 23.5. The summed E-state index contributed by atoms with van der Waals surface area (Å²) in [6.45, 7) is 6.64. The summed E-state index contributed by atoms with van der Waals surface area (Å²) < 4.78 is 0. The van der Waals surface area contributed by atoms with Gasteiger partial charge < -0.3 is 15.6 Å². The van der Waals surface area contributed by atoms with Crippen molar-refractivity contribution in [2.45, 2.75) is 77.3 Å². The number of nitrogen functional groups attached to an aromatic ring is 1. The Morgan fingerprint density at radius 3 is 2.61 bits per heavy atom. The topological polar surface area (TPSA) is 102 Å². The van der Waals surface area contributed by atoms with Gasteiger partial charge in [-0.15, -0.1) is 0 Å². The highest BCUT2D eigenvalue weighted by molar-refractivity contribution is 5.98. The van der Waals surface area contributed by atoms with Crippen LogP contribution in [0.3, 0.4) is 0 Å². The van der Waals surface area contributed by atoms with Crippen molar-refractivity contribution in [3.63, 3.8) is 0 Å². The summed E-state index contributed by atoms with van der Waals surface area (Å²) >= 11 is 0. The van der Waals surface area contributed by atoms with Gasteiger partial charge in [0.15, 0.2) is 11.7 Å². The van der Waals surface area contributed by atoms with Gasteiger partial charge >= 0.3 is 0 Å². The molecule has 1 amide bonds. The van der Waals surface area contributed by atoms with Crippen molar-refractivity contribution in [1.29, 1.82) is 5.41 Å². The van der Waals surface area contributed by atoms with Gasteiger partial charge in [0, 0.05) is 48.5 Å². The van der Waals surface area contributed by atoms with Crippen molar-refractivity contribution >= 4 is 17.4 Å². The van der Waals surface area contributed by atoms with Crippen molar-refractivity contribution in [1.82, 2.24) is 14.9 Å². The number of fused-ring (bicyclic) bond motifs is 1. The normalized spacial score (nSPS) is 23.5. The monoisotopic (exact) mass is 450 g/mol. The Bertz CT molecular complexity index is 959. The summed E-state index contributed by atoms with van der Waals surface area (Å²) in [6.07, 6.45) is 10.3. The van der Waals surface area contributed by atoms with Crippen LogP contribution in [-0.4, -0.2) is 51.8 Å². The predicted molar refractivity (Wildman–Crippen MR) is 133 cm³/mol. The van der Waals surface area contributed by atoms with E-state index in [2.05, 4.69) is 46.9 Å². The molecule has 1 unspecified atom stereocenters. The molecule has 1 saturated heterocycles. The number of piperidine rings is 1. The summed E-state index contributed by atoms with van der Waals surface area (Å²) in [7, 11) is 0. The number of likely N-dealkylation sites (tertiary alicyclic amines) is 1. The molecular weight excluding hydrogens is 412 g/mol. The van der Waals surface area contributed by atoms with Gasteiger partial charge in [-0.25, -0.2) is 4.98 Å². The fourth-order valence-corrected chi connectivity index (χ4v) is 5.55. The number of carbonyl (C=O) groups is 1. The summed E-state index contributed by atoms with van der Waals surface area (Å²) in [5, 5.41) is 7.54. The second kappa shape index (κ2) is 10.5. The minimum absolute atomic E-state index is 0.0865. The first-order valence-electron chi connectivity index (χ1n) is 12.5. The number of amidine groups is 1. The van der Waals surface area contributed by atoms with Crippen LogP contribution >= 0.6 is 0 Å². The van der Waals surface area contributed by atoms with Gasteiger partial charge in [-0.1, -0.05) is 31.0 Å². The number of benzene rings is 1. The molecule has 0 saturated carbocycles. The Hall–Kier alpha value is -2.67. The van der Waals surface area contributed by atoms with E-state index in [-0.39, 0.29) is 17.7 Å². The molecule has 0 aliphatic carbocycles. The number of carbonyl (C=O) groups excluding carboxylic acids is 1. The first-order chi connectivity index (χ1) is 15.9. The fourth-order valence-electron chi connectivity index (χ4n) is 5.55. The maximum atomic E-state index is 13.4. The van der Waals surface area contributed by atoms with E-state index in [4.69, 9.17) is 11.1 Å². The Morgan fingerprint density at radius 2 is 1.88 bits per heavy atom. The van der Waals surface area contributed by atoms with E-state index in [0.717, 1.165) is 43.7 Å². The van der Waals surface area contributed by atoms with Crippen LogP contribution in [0, 0.1) is 11.3 Å². The standard InChI is InChI=1S/C26H38N6O/c1-18-9-8-10-19(2)31(18)13-6-3-7-14-32-23-12-5-4-11-20(23)15-21(26(32)33)16-22-17-29-25(30-22)24(27)28/h4-5,11-12,17-19,21H,3,6-10,13-16H2,1-2H3,(H3,27,28)(H,29,30)/t18-,19+,21?. The second-order valence-electron chi connectivity index (χ2n) is 9.82. The molecule has 0 spiro atoms. The predicted octanol–water partition coefficient (Wildman–Crippen LogP) is 3.87. The summed E-state index contributed by atoms with van der Waals surface area (Å²) in [5.41, 5.74) is 8.66. The Labute approximate surface area is 197 Å². The molecule has 4 N–H and O–H groups in total. The van der Waals surface area contributed by atoms with Gasteiger partial charge in [0.05, 0.1) is 0 Å². The first-order valence-corrected chi connectivity index (χ1v) is 12.5. The van der Waals surface area contributed by atoms with Crippen molar-refractivity contribution in [3.8, 4) is 0 Å². The van der Waals surface area contributed by atoms with Crippen LogP contribution < -0.4 is 10.6 Å².